The van der Waals surface area contributed by atoms with Crippen LogP contribution in [0.3, 0.4) is 0 Å². The Morgan fingerprint density at radius 1 is 1.13 bits per heavy atom. The molecule has 0 saturated carbocycles. The summed E-state index contributed by atoms with van der Waals surface area (Å²) in [5.41, 5.74) is 0. The van der Waals surface area contributed by atoms with Crippen molar-refractivity contribution >= 4 is 0 Å². The van der Waals surface area contributed by atoms with E-state index in [-0.39, 0.29) is 0 Å². The van der Waals surface area contributed by atoms with Crippen molar-refractivity contribution in [2.45, 2.75) is 33.1 Å². The van der Waals surface area contributed by atoms with E-state index in [0.29, 0.717) is 31.7 Å². The van der Waals surface area contributed by atoms with E-state index in [4.69, 9.17) is 14.6 Å². The first-order valence-electron chi connectivity index (χ1n) is 5.88. The molecule has 3 heteroatoms. The zero-order valence-electron chi connectivity index (χ0n) is 10.4. The summed E-state index contributed by atoms with van der Waals surface area (Å²) in [5, 5.41) is 9.15. The zero-order chi connectivity index (χ0) is 11.5. The minimum Gasteiger partial charge on any atom is -0.396 e. The molecule has 0 bridgehead atoms. The molecule has 0 radical (unpaired) electrons. The molecule has 0 saturated heterocycles. The van der Waals surface area contributed by atoms with Crippen LogP contribution in [0.1, 0.15) is 33.1 Å². The zero-order valence-corrected chi connectivity index (χ0v) is 10.4. The molecule has 0 aromatic rings. The molecule has 0 aliphatic carbocycles. The molecule has 0 rings (SSSR count). The smallest absolute Gasteiger partial charge is 0.0700 e. The van der Waals surface area contributed by atoms with Crippen molar-refractivity contribution in [3.63, 3.8) is 0 Å². The van der Waals surface area contributed by atoms with Crippen molar-refractivity contribution in [2.24, 2.45) is 11.8 Å². The Kier molecular flexibility index (Phi) is 10.3. The lowest BCUT2D eigenvalue weighted by atomic mass is 9.94. The van der Waals surface area contributed by atoms with E-state index >= 15 is 0 Å². The molecule has 0 heterocycles. The quantitative estimate of drug-likeness (QED) is 0.571. The van der Waals surface area contributed by atoms with E-state index in [2.05, 4.69) is 13.8 Å². The second-order valence-corrected chi connectivity index (χ2v) is 4.43. The van der Waals surface area contributed by atoms with E-state index < -0.39 is 0 Å². The van der Waals surface area contributed by atoms with Crippen LogP contribution in [-0.2, 0) is 9.47 Å². The summed E-state index contributed by atoms with van der Waals surface area (Å²) < 4.78 is 10.2. The van der Waals surface area contributed by atoms with Crippen molar-refractivity contribution in [3.8, 4) is 0 Å². The van der Waals surface area contributed by atoms with E-state index in [0.717, 1.165) is 25.9 Å². The van der Waals surface area contributed by atoms with Gasteiger partial charge in [-0.2, -0.15) is 0 Å². The van der Waals surface area contributed by atoms with Crippen LogP contribution in [0, 0.1) is 11.8 Å². The maximum Gasteiger partial charge on any atom is 0.0700 e. The molecule has 0 aliphatic heterocycles. The van der Waals surface area contributed by atoms with Crippen LogP contribution in [0.15, 0.2) is 0 Å². The van der Waals surface area contributed by atoms with E-state index in [1.54, 1.807) is 7.11 Å². The lowest BCUT2D eigenvalue weighted by molar-refractivity contribution is 0.0650. The fourth-order valence-corrected chi connectivity index (χ4v) is 1.67. The predicted molar refractivity (Wildman–Crippen MR) is 62.0 cm³/mol. The summed E-state index contributed by atoms with van der Waals surface area (Å²) in [5.74, 6) is 1.10. The third kappa shape index (κ3) is 10.2. The molecular weight excluding hydrogens is 192 g/mol. The molecule has 1 unspecified atom stereocenters. The summed E-state index contributed by atoms with van der Waals surface area (Å²) in [6.07, 6.45) is 3.19. The molecule has 0 aromatic heterocycles. The Bertz CT molecular complexity index is 126. The van der Waals surface area contributed by atoms with Gasteiger partial charge in [0.15, 0.2) is 0 Å². The normalized spacial score (nSPS) is 13.4. The average Bonchev–Trinajstić information content (AvgIpc) is 2.20. The predicted octanol–water partition coefficient (Wildman–Crippen LogP) is 2.08. The number of hydrogen-bond donors (Lipinski definition) is 1. The van der Waals surface area contributed by atoms with Crippen LogP contribution in [0.2, 0.25) is 0 Å². The summed E-state index contributed by atoms with van der Waals surface area (Å²) >= 11 is 0. The van der Waals surface area contributed by atoms with Gasteiger partial charge in [-0.25, -0.2) is 0 Å². The highest BCUT2D eigenvalue weighted by atomic mass is 16.5. The van der Waals surface area contributed by atoms with Crippen molar-refractivity contribution in [1.82, 2.24) is 0 Å². The van der Waals surface area contributed by atoms with Gasteiger partial charge in [-0.1, -0.05) is 13.8 Å². The van der Waals surface area contributed by atoms with Crippen LogP contribution in [0.5, 0.6) is 0 Å². The number of aliphatic hydroxyl groups excluding tert-OH is 1. The third-order valence-corrected chi connectivity index (χ3v) is 2.40. The van der Waals surface area contributed by atoms with E-state index in [1.165, 1.54) is 0 Å². The monoisotopic (exact) mass is 218 g/mol. The fraction of sp³-hybridized carbons (Fsp3) is 1.00. The Hall–Kier alpha value is -0.120. The maximum absolute atomic E-state index is 9.15. The van der Waals surface area contributed by atoms with Gasteiger partial charge in [0.05, 0.1) is 13.2 Å². The van der Waals surface area contributed by atoms with Crippen molar-refractivity contribution in [1.29, 1.82) is 0 Å². The van der Waals surface area contributed by atoms with Gasteiger partial charge < -0.3 is 14.6 Å². The van der Waals surface area contributed by atoms with Gasteiger partial charge in [0.2, 0.25) is 0 Å². The van der Waals surface area contributed by atoms with Gasteiger partial charge in [-0.3, -0.25) is 0 Å². The van der Waals surface area contributed by atoms with Crippen molar-refractivity contribution in [2.75, 3.05) is 33.5 Å². The first-order valence-corrected chi connectivity index (χ1v) is 5.88. The van der Waals surface area contributed by atoms with Crippen molar-refractivity contribution < 1.29 is 14.6 Å². The minimum atomic E-state index is 0.302. The molecule has 0 spiro atoms. The van der Waals surface area contributed by atoms with Crippen LogP contribution in [0.4, 0.5) is 0 Å². The molecule has 0 amide bonds. The summed E-state index contributed by atoms with van der Waals surface area (Å²) in [4.78, 5) is 0. The van der Waals surface area contributed by atoms with E-state index in [9.17, 15) is 0 Å². The Balaban J connectivity index is 3.30. The highest BCUT2D eigenvalue weighted by molar-refractivity contribution is 4.60. The first-order chi connectivity index (χ1) is 7.20. The average molecular weight is 218 g/mol. The molecule has 0 fully saturated rings. The molecule has 92 valence electrons. The van der Waals surface area contributed by atoms with Gasteiger partial charge in [-0.05, 0) is 31.1 Å². The summed E-state index contributed by atoms with van der Waals surface area (Å²) in [6, 6.07) is 0. The van der Waals surface area contributed by atoms with Gasteiger partial charge in [-0.15, -0.1) is 0 Å². The Morgan fingerprint density at radius 3 is 2.40 bits per heavy atom. The fourth-order valence-electron chi connectivity index (χ4n) is 1.67. The highest BCUT2D eigenvalue weighted by Gasteiger charge is 2.09. The van der Waals surface area contributed by atoms with Gasteiger partial charge in [0, 0.05) is 20.3 Å². The topological polar surface area (TPSA) is 38.7 Å². The Labute approximate surface area is 93.8 Å². The van der Waals surface area contributed by atoms with Crippen molar-refractivity contribution in [3.05, 3.63) is 0 Å². The summed E-state index contributed by atoms with van der Waals surface area (Å²) in [7, 11) is 1.67. The van der Waals surface area contributed by atoms with E-state index in [1.807, 2.05) is 0 Å². The first kappa shape index (κ1) is 14.9. The van der Waals surface area contributed by atoms with Crippen LogP contribution in [0.25, 0.3) is 0 Å². The maximum atomic E-state index is 9.15. The molecule has 0 aliphatic rings. The lowest BCUT2D eigenvalue weighted by Crippen LogP contribution is -2.11. The second kappa shape index (κ2) is 10.4. The van der Waals surface area contributed by atoms with Gasteiger partial charge >= 0.3 is 0 Å². The van der Waals surface area contributed by atoms with Crippen LogP contribution >= 0.6 is 0 Å². The third-order valence-electron chi connectivity index (χ3n) is 2.40. The number of rotatable bonds is 10. The number of aliphatic hydroxyl groups is 1. The van der Waals surface area contributed by atoms with Crippen LogP contribution in [-0.4, -0.2) is 38.6 Å². The summed E-state index contributed by atoms with van der Waals surface area (Å²) in [6.45, 7) is 6.80. The lowest BCUT2D eigenvalue weighted by Gasteiger charge is -2.16. The standard InChI is InChI=1S/C12H26O3/c1-11(2)9-12(10-13)5-4-6-15-8-7-14-3/h11-13H,4-10H2,1-3H3. The number of ether oxygens (including phenoxy) is 2. The molecule has 1 N–H and O–H groups in total. The number of methoxy groups -OCH3 is 1. The SMILES string of the molecule is COCCOCCCC(CO)CC(C)C. The molecule has 0 aromatic carbocycles. The molecular formula is C12H26O3. The Morgan fingerprint density at radius 2 is 1.87 bits per heavy atom. The minimum absolute atomic E-state index is 0.302. The second-order valence-electron chi connectivity index (χ2n) is 4.43. The molecule has 1 atom stereocenters. The number of hydrogen-bond acceptors (Lipinski definition) is 3. The van der Waals surface area contributed by atoms with Crippen LogP contribution < -0.4 is 0 Å². The molecule has 3 nitrogen and oxygen atoms in total. The van der Waals surface area contributed by atoms with Gasteiger partial charge in [0.25, 0.3) is 0 Å². The molecule has 15 heavy (non-hydrogen) atoms. The van der Waals surface area contributed by atoms with Gasteiger partial charge in [0.1, 0.15) is 0 Å². The largest absolute Gasteiger partial charge is 0.396 e. The highest BCUT2D eigenvalue weighted by Crippen LogP contribution is 2.16.